The Bertz CT molecular complexity index is 382. The van der Waals surface area contributed by atoms with Crippen molar-refractivity contribution in [3.8, 4) is 0 Å². The number of hydrogen-bond donors (Lipinski definition) is 1. The monoisotopic (exact) mass is 258 g/mol. The number of rotatable bonds is 5. The molecule has 1 aromatic heterocycles. The molecule has 0 spiro atoms. The number of aryl methyl sites for hydroxylation is 1. The van der Waals surface area contributed by atoms with Crippen molar-refractivity contribution < 1.29 is 14.3 Å². The number of carbonyl (C=O) groups is 1. The average Bonchev–Trinajstić information content (AvgIpc) is 2.58. The molecule has 0 amide bonds. The molecule has 0 unspecified atom stereocenters. The van der Waals surface area contributed by atoms with E-state index in [0.717, 1.165) is 11.5 Å². The van der Waals surface area contributed by atoms with Crippen LogP contribution in [0.15, 0.2) is 0 Å². The molecule has 1 aromatic rings. The van der Waals surface area contributed by atoms with E-state index < -0.39 is 5.97 Å². The Hall–Kier alpha value is -1.14. The first-order valence-electron chi connectivity index (χ1n) is 5.31. The van der Waals surface area contributed by atoms with E-state index in [1.165, 1.54) is 0 Å². The highest BCUT2D eigenvalue weighted by Gasteiger charge is 2.20. The number of nitrogen functional groups attached to an aromatic ring is 1. The van der Waals surface area contributed by atoms with Gasteiger partial charge in [-0.05, 0) is 32.3 Å². The van der Waals surface area contributed by atoms with Crippen LogP contribution in [-0.2, 0) is 9.47 Å². The minimum absolute atomic E-state index is 0.298. The summed E-state index contributed by atoms with van der Waals surface area (Å²) in [6.45, 7) is 5.91. The molecule has 2 N–H and O–H groups in total. The highest BCUT2D eigenvalue weighted by Crippen LogP contribution is 2.22. The summed E-state index contributed by atoms with van der Waals surface area (Å²) >= 11 is 1.11. The zero-order valence-corrected chi connectivity index (χ0v) is 11.4. The van der Waals surface area contributed by atoms with Crippen LogP contribution in [0.3, 0.4) is 0 Å². The second-order valence-corrected chi connectivity index (χ2v) is 5.16. The second kappa shape index (κ2) is 5.46. The van der Waals surface area contributed by atoms with Crippen LogP contribution in [0.5, 0.6) is 0 Å². The Morgan fingerprint density at radius 3 is 2.65 bits per heavy atom. The van der Waals surface area contributed by atoms with Crippen LogP contribution in [0, 0.1) is 6.92 Å². The average molecular weight is 258 g/mol. The lowest BCUT2D eigenvalue weighted by molar-refractivity contribution is -0.00560. The fourth-order valence-electron chi connectivity index (χ4n) is 1.20. The smallest absolute Gasteiger partial charge is 0.343 e. The third kappa shape index (κ3) is 3.67. The molecule has 0 aliphatic rings. The summed E-state index contributed by atoms with van der Waals surface area (Å²) < 4.78 is 14.4. The first-order chi connectivity index (χ1) is 7.87. The molecular weight excluding hydrogens is 240 g/mol. The van der Waals surface area contributed by atoms with E-state index in [4.69, 9.17) is 15.2 Å². The van der Waals surface area contributed by atoms with Gasteiger partial charge in [-0.2, -0.15) is 4.37 Å². The van der Waals surface area contributed by atoms with Gasteiger partial charge in [0.2, 0.25) is 0 Å². The molecule has 5 nitrogen and oxygen atoms in total. The zero-order valence-electron chi connectivity index (χ0n) is 10.6. The van der Waals surface area contributed by atoms with Crippen LogP contribution in [0.1, 0.15) is 36.3 Å². The van der Waals surface area contributed by atoms with E-state index in [9.17, 15) is 4.79 Å². The first kappa shape index (κ1) is 13.9. The molecule has 6 heteroatoms. The van der Waals surface area contributed by atoms with Crippen LogP contribution >= 0.6 is 11.5 Å². The first-order valence-corrected chi connectivity index (χ1v) is 6.09. The van der Waals surface area contributed by atoms with Crippen molar-refractivity contribution in [1.82, 2.24) is 4.37 Å². The predicted octanol–water partition coefficient (Wildman–Crippen LogP) is 2.01. The number of nitrogens with zero attached hydrogens (tertiary/aromatic N) is 1. The van der Waals surface area contributed by atoms with Gasteiger partial charge in [0.25, 0.3) is 0 Å². The molecule has 96 valence electrons. The Morgan fingerprint density at radius 2 is 2.18 bits per heavy atom. The fraction of sp³-hybridized carbons (Fsp3) is 0.636. The van der Waals surface area contributed by atoms with E-state index >= 15 is 0 Å². The molecule has 0 bridgehead atoms. The normalized spacial score (nSPS) is 11.5. The molecule has 0 aliphatic heterocycles. The number of ether oxygens (including phenoxy) is 2. The van der Waals surface area contributed by atoms with E-state index in [1.54, 1.807) is 14.0 Å². The summed E-state index contributed by atoms with van der Waals surface area (Å²) in [7, 11) is 1.63. The van der Waals surface area contributed by atoms with Crippen LogP contribution in [0.25, 0.3) is 0 Å². The zero-order chi connectivity index (χ0) is 13.1. The van der Waals surface area contributed by atoms with Gasteiger partial charge in [-0.25, -0.2) is 4.79 Å². The molecular formula is C11H18N2O3S. The molecule has 0 fully saturated rings. The van der Waals surface area contributed by atoms with E-state index in [0.29, 0.717) is 29.3 Å². The standard InChI is InChI=1S/C11H18N2O3S/c1-7-8(9(12)17-13-7)10(14)16-6-5-11(2,3)15-4/h5-6,12H2,1-4H3. The van der Waals surface area contributed by atoms with Crippen molar-refractivity contribution >= 4 is 22.5 Å². The number of anilines is 1. The van der Waals surface area contributed by atoms with Crippen LogP contribution < -0.4 is 5.73 Å². The summed E-state index contributed by atoms with van der Waals surface area (Å²) in [4.78, 5) is 11.7. The van der Waals surface area contributed by atoms with Gasteiger partial charge in [0.1, 0.15) is 10.6 Å². The number of nitrogens with two attached hydrogens (primary N) is 1. The van der Waals surface area contributed by atoms with Crippen molar-refractivity contribution in [2.75, 3.05) is 19.5 Å². The van der Waals surface area contributed by atoms with Crippen molar-refractivity contribution in [2.45, 2.75) is 32.8 Å². The van der Waals surface area contributed by atoms with Gasteiger partial charge in [-0.3, -0.25) is 0 Å². The molecule has 0 aliphatic carbocycles. The van der Waals surface area contributed by atoms with Gasteiger partial charge in [-0.15, -0.1) is 0 Å². The fourth-order valence-corrected chi connectivity index (χ4v) is 1.85. The molecule has 1 rings (SSSR count). The molecule has 1 heterocycles. The van der Waals surface area contributed by atoms with E-state index in [-0.39, 0.29) is 5.60 Å². The SMILES string of the molecule is COC(C)(C)CCOC(=O)c1c(C)nsc1N. The molecule has 17 heavy (non-hydrogen) atoms. The van der Waals surface area contributed by atoms with Crippen molar-refractivity contribution in [2.24, 2.45) is 0 Å². The lowest BCUT2D eigenvalue weighted by Gasteiger charge is -2.22. The van der Waals surface area contributed by atoms with E-state index in [2.05, 4.69) is 4.37 Å². The second-order valence-electron chi connectivity index (χ2n) is 4.36. The van der Waals surface area contributed by atoms with Gasteiger partial charge < -0.3 is 15.2 Å². The molecule has 0 saturated heterocycles. The Morgan fingerprint density at radius 1 is 1.53 bits per heavy atom. The van der Waals surface area contributed by atoms with Crippen LogP contribution in [0.2, 0.25) is 0 Å². The number of hydrogen-bond acceptors (Lipinski definition) is 6. The highest BCUT2D eigenvalue weighted by molar-refractivity contribution is 7.10. The highest BCUT2D eigenvalue weighted by atomic mass is 32.1. The van der Waals surface area contributed by atoms with Gasteiger partial charge in [0.05, 0.1) is 17.9 Å². The Labute approximate surface area is 105 Å². The third-order valence-electron chi connectivity index (χ3n) is 2.58. The summed E-state index contributed by atoms with van der Waals surface area (Å²) in [6, 6.07) is 0. The van der Waals surface area contributed by atoms with Crippen molar-refractivity contribution in [1.29, 1.82) is 0 Å². The Balaban J connectivity index is 2.52. The third-order valence-corrected chi connectivity index (χ3v) is 3.35. The number of aromatic nitrogens is 1. The minimum atomic E-state index is -0.416. The lowest BCUT2D eigenvalue weighted by Crippen LogP contribution is -2.25. The molecule has 0 saturated carbocycles. The maximum absolute atomic E-state index is 11.7. The molecule has 0 aromatic carbocycles. The Kier molecular flexibility index (Phi) is 4.47. The summed E-state index contributed by atoms with van der Waals surface area (Å²) in [5, 5.41) is 0.401. The summed E-state index contributed by atoms with van der Waals surface area (Å²) in [5.74, 6) is -0.416. The van der Waals surface area contributed by atoms with Gasteiger partial charge in [0.15, 0.2) is 0 Å². The molecule has 0 atom stereocenters. The minimum Gasteiger partial charge on any atom is -0.462 e. The van der Waals surface area contributed by atoms with Crippen LogP contribution in [0.4, 0.5) is 5.00 Å². The van der Waals surface area contributed by atoms with Crippen molar-refractivity contribution in [3.05, 3.63) is 11.3 Å². The maximum atomic E-state index is 11.7. The van der Waals surface area contributed by atoms with E-state index in [1.807, 2.05) is 13.8 Å². The quantitative estimate of drug-likeness (QED) is 0.818. The topological polar surface area (TPSA) is 74.4 Å². The molecule has 0 radical (unpaired) electrons. The summed E-state index contributed by atoms with van der Waals surface area (Å²) in [5.41, 5.74) is 6.35. The summed E-state index contributed by atoms with van der Waals surface area (Å²) in [6.07, 6.45) is 0.631. The van der Waals surface area contributed by atoms with Gasteiger partial charge >= 0.3 is 5.97 Å². The largest absolute Gasteiger partial charge is 0.462 e. The number of carbonyl (C=O) groups excluding carboxylic acids is 1. The number of esters is 1. The lowest BCUT2D eigenvalue weighted by atomic mass is 10.1. The predicted molar refractivity (Wildman–Crippen MR) is 67.3 cm³/mol. The van der Waals surface area contributed by atoms with Gasteiger partial charge in [-0.1, -0.05) is 0 Å². The maximum Gasteiger partial charge on any atom is 0.343 e. The van der Waals surface area contributed by atoms with Gasteiger partial charge in [0, 0.05) is 13.5 Å². The van der Waals surface area contributed by atoms with Crippen LogP contribution in [-0.4, -0.2) is 29.7 Å². The number of methoxy groups -OCH3 is 1. The van der Waals surface area contributed by atoms with Crippen molar-refractivity contribution in [3.63, 3.8) is 0 Å².